The molecule has 0 aromatic heterocycles. The van der Waals surface area contributed by atoms with E-state index < -0.39 is 20.8 Å². The van der Waals surface area contributed by atoms with Crippen LogP contribution in [0.4, 0.5) is 0 Å². The third-order valence-electron chi connectivity index (χ3n) is 1.91. The van der Waals surface area contributed by atoms with Crippen molar-refractivity contribution in [2.24, 2.45) is 0 Å². The Morgan fingerprint density at radius 2 is 1.83 bits per heavy atom. The molecule has 0 heterocycles. The highest BCUT2D eigenvalue weighted by molar-refractivity contribution is 9.10. The Kier molecular flexibility index (Phi) is 6.08. The van der Waals surface area contributed by atoms with Crippen molar-refractivity contribution in [1.29, 1.82) is 0 Å². The van der Waals surface area contributed by atoms with Crippen LogP contribution in [0.1, 0.15) is 0 Å². The molecule has 18 heavy (non-hydrogen) atoms. The maximum absolute atomic E-state index is 12.0. The van der Waals surface area contributed by atoms with Crippen molar-refractivity contribution in [3.63, 3.8) is 0 Å². The smallest absolute Gasteiger partial charge is 0.243 e. The van der Waals surface area contributed by atoms with Crippen molar-refractivity contribution >= 4 is 60.0 Å². The van der Waals surface area contributed by atoms with Crippen LogP contribution in [0.15, 0.2) is 21.5 Å². The molecule has 0 amide bonds. The van der Waals surface area contributed by atoms with Crippen molar-refractivity contribution < 1.29 is 12.6 Å². The Bertz CT molecular complexity index is 554. The predicted molar refractivity (Wildman–Crippen MR) is 78.3 cm³/mol. The van der Waals surface area contributed by atoms with Gasteiger partial charge in [-0.25, -0.2) is 13.1 Å². The minimum Gasteiger partial charge on any atom is -0.260 e. The van der Waals surface area contributed by atoms with E-state index in [1.54, 1.807) is 0 Å². The Morgan fingerprint density at radius 1 is 1.33 bits per heavy atom. The number of hydrogen-bond acceptors (Lipinski definition) is 3. The van der Waals surface area contributed by atoms with E-state index in [0.29, 0.717) is 4.47 Å². The Labute approximate surface area is 127 Å². The molecule has 1 unspecified atom stereocenters. The molecule has 0 aliphatic heterocycles. The molecule has 0 aliphatic rings. The molecule has 1 rings (SSSR count). The van der Waals surface area contributed by atoms with E-state index in [1.807, 2.05) is 0 Å². The highest BCUT2D eigenvalue weighted by Crippen LogP contribution is 2.32. The monoisotopic (exact) mass is 393 g/mol. The van der Waals surface area contributed by atoms with Crippen molar-refractivity contribution in [3.05, 3.63) is 26.7 Å². The summed E-state index contributed by atoms with van der Waals surface area (Å²) in [7, 11) is -4.87. The van der Waals surface area contributed by atoms with Crippen LogP contribution < -0.4 is 4.72 Å². The molecular weight excluding hydrogens is 385 g/mol. The van der Waals surface area contributed by atoms with Crippen molar-refractivity contribution in [3.8, 4) is 0 Å². The van der Waals surface area contributed by atoms with Gasteiger partial charge >= 0.3 is 0 Å². The normalized spacial score (nSPS) is 13.6. The van der Waals surface area contributed by atoms with Gasteiger partial charge in [0.05, 0.1) is 10.0 Å². The zero-order chi connectivity index (χ0) is 13.9. The fourth-order valence-corrected chi connectivity index (χ4v) is 4.66. The van der Waals surface area contributed by atoms with Crippen LogP contribution in [0.5, 0.6) is 0 Å². The van der Waals surface area contributed by atoms with E-state index in [9.17, 15) is 12.6 Å². The second-order valence-electron chi connectivity index (χ2n) is 3.37. The van der Waals surface area contributed by atoms with Crippen molar-refractivity contribution in [2.45, 2.75) is 4.90 Å². The zero-order valence-corrected chi connectivity index (χ0v) is 14.0. The summed E-state index contributed by atoms with van der Waals surface area (Å²) >= 11 is 14.9. The van der Waals surface area contributed by atoms with Gasteiger partial charge in [0.25, 0.3) is 0 Å². The van der Waals surface area contributed by atoms with Crippen LogP contribution in [-0.2, 0) is 20.8 Å². The summed E-state index contributed by atoms with van der Waals surface area (Å²) in [5.74, 6) is 0.227. The van der Waals surface area contributed by atoms with E-state index in [1.165, 1.54) is 18.4 Å². The molecule has 1 N–H and O–H groups in total. The van der Waals surface area contributed by atoms with Crippen LogP contribution in [0, 0.1) is 0 Å². The number of nitrogens with one attached hydrogen (secondary N) is 1. The Morgan fingerprint density at radius 3 is 2.28 bits per heavy atom. The third kappa shape index (κ3) is 4.47. The standard InChI is InChI=1S/C9H10BrCl2NO3S2/c1-17(14)3-2-13-18(15,16)9-7(11)4-6(10)5-8(9)12/h4-5,13H,2-3H2,1H3. The predicted octanol–water partition coefficient (Wildman–Crippen LogP) is 2.41. The zero-order valence-electron chi connectivity index (χ0n) is 9.24. The van der Waals surface area contributed by atoms with E-state index in [4.69, 9.17) is 23.2 Å². The molecule has 4 nitrogen and oxygen atoms in total. The highest BCUT2D eigenvalue weighted by Gasteiger charge is 2.21. The number of benzene rings is 1. The quantitative estimate of drug-likeness (QED) is 0.833. The van der Waals surface area contributed by atoms with E-state index in [-0.39, 0.29) is 27.2 Å². The van der Waals surface area contributed by atoms with E-state index in [2.05, 4.69) is 20.7 Å². The molecule has 102 valence electrons. The average Bonchev–Trinajstić information content (AvgIpc) is 2.13. The molecular formula is C9H10BrCl2NO3S2. The van der Waals surface area contributed by atoms with Gasteiger partial charge in [-0.1, -0.05) is 39.1 Å². The second-order valence-corrected chi connectivity index (χ2v) is 8.36. The van der Waals surface area contributed by atoms with Gasteiger partial charge in [-0.3, -0.25) is 4.21 Å². The fraction of sp³-hybridized carbons (Fsp3) is 0.333. The summed E-state index contributed by atoms with van der Waals surface area (Å²) in [4.78, 5) is -0.170. The molecule has 0 aliphatic carbocycles. The molecule has 0 radical (unpaired) electrons. The molecule has 1 aromatic rings. The average molecular weight is 395 g/mol. The lowest BCUT2D eigenvalue weighted by Crippen LogP contribution is -2.28. The molecule has 9 heteroatoms. The first-order chi connectivity index (χ1) is 8.24. The van der Waals surface area contributed by atoms with Gasteiger partial charge in [0.1, 0.15) is 4.90 Å². The van der Waals surface area contributed by atoms with Gasteiger partial charge in [0, 0.05) is 33.8 Å². The summed E-state index contributed by atoms with van der Waals surface area (Å²) in [6.07, 6.45) is 1.49. The Hall–Kier alpha value is 0.340. The number of rotatable bonds is 5. The van der Waals surface area contributed by atoms with E-state index >= 15 is 0 Å². The summed E-state index contributed by atoms with van der Waals surface area (Å²) in [6, 6.07) is 2.89. The second kappa shape index (κ2) is 6.67. The maximum Gasteiger partial charge on any atom is 0.243 e. The van der Waals surface area contributed by atoms with Gasteiger partial charge in [-0.15, -0.1) is 0 Å². The molecule has 0 fully saturated rings. The third-order valence-corrected chi connectivity index (χ3v) is 5.53. The lowest BCUT2D eigenvalue weighted by atomic mass is 10.4. The van der Waals surface area contributed by atoms with Crippen molar-refractivity contribution in [2.75, 3.05) is 18.6 Å². The SMILES string of the molecule is CS(=O)CCNS(=O)(=O)c1c(Cl)cc(Br)cc1Cl. The van der Waals surface area contributed by atoms with Gasteiger partial charge in [0.2, 0.25) is 10.0 Å². The summed E-state index contributed by atoms with van der Waals surface area (Å²) in [6.45, 7) is 0.0637. The summed E-state index contributed by atoms with van der Waals surface area (Å²) in [5.41, 5.74) is 0. The van der Waals surface area contributed by atoms with Crippen LogP contribution in [-0.4, -0.2) is 31.2 Å². The number of halogens is 3. The first-order valence-corrected chi connectivity index (χ1v) is 9.44. The highest BCUT2D eigenvalue weighted by atomic mass is 79.9. The number of hydrogen-bond donors (Lipinski definition) is 1. The van der Waals surface area contributed by atoms with Gasteiger partial charge in [0.15, 0.2) is 0 Å². The van der Waals surface area contributed by atoms with Crippen LogP contribution >= 0.6 is 39.1 Å². The van der Waals surface area contributed by atoms with Gasteiger partial charge in [-0.05, 0) is 12.1 Å². The largest absolute Gasteiger partial charge is 0.260 e. The van der Waals surface area contributed by atoms with Gasteiger partial charge < -0.3 is 0 Å². The number of sulfonamides is 1. The summed E-state index contributed by atoms with van der Waals surface area (Å²) in [5, 5.41) is 0.0546. The fourth-order valence-electron chi connectivity index (χ4n) is 1.18. The van der Waals surface area contributed by atoms with Crippen LogP contribution in [0.2, 0.25) is 10.0 Å². The lowest BCUT2D eigenvalue weighted by Gasteiger charge is -2.10. The van der Waals surface area contributed by atoms with Crippen molar-refractivity contribution in [1.82, 2.24) is 4.72 Å². The molecule has 1 atom stereocenters. The molecule has 0 saturated carbocycles. The maximum atomic E-state index is 12.0. The first kappa shape index (κ1) is 16.4. The molecule has 1 aromatic carbocycles. The minimum atomic E-state index is -3.80. The van der Waals surface area contributed by atoms with E-state index in [0.717, 1.165) is 0 Å². The van der Waals surface area contributed by atoms with Crippen LogP contribution in [0.3, 0.4) is 0 Å². The first-order valence-electron chi connectivity index (χ1n) is 4.68. The molecule has 0 spiro atoms. The topological polar surface area (TPSA) is 63.2 Å². The van der Waals surface area contributed by atoms with Gasteiger partial charge in [-0.2, -0.15) is 0 Å². The molecule has 0 bridgehead atoms. The van der Waals surface area contributed by atoms with Crippen LogP contribution in [0.25, 0.3) is 0 Å². The molecule has 0 saturated heterocycles. The lowest BCUT2D eigenvalue weighted by molar-refractivity contribution is 0.584. The minimum absolute atomic E-state index is 0.0273. The Balaban J connectivity index is 3.02. The summed E-state index contributed by atoms with van der Waals surface area (Å²) < 4.78 is 37.7.